The Labute approximate surface area is 171 Å². The minimum atomic E-state index is -0.315. The lowest BCUT2D eigenvalue weighted by molar-refractivity contribution is -0.123. The Kier molecular flexibility index (Phi) is 6.85. The van der Waals surface area contributed by atoms with Gasteiger partial charge in [0.25, 0.3) is 5.91 Å². The van der Waals surface area contributed by atoms with E-state index in [9.17, 15) is 4.79 Å². The van der Waals surface area contributed by atoms with Gasteiger partial charge in [-0.1, -0.05) is 50.2 Å². The molecule has 0 aliphatic rings. The minimum Gasteiger partial charge on any atom is -0.496 e. The first-order valence-corrected chi connectivity index (χ1v) is 9.72. The van der Waals surface area contributed by atoms with E-state index in [-0.39, 0.29) is 12.5 Å². The Hall–Kier alpha value is -3.34. The third-order valence-corrected chi connectivity index (χ3v) is 4.96. The molecule has 5 heteroatoms. The predicted molar refractivity (Wildman–Crippen MR) is 117 cm³/mol. The second kappa shape index (κ2) is 9.73. The molecule has 1 amide bonds. The summed E-state index contributed by atoms with van der Waals surface area (Å²) in [5.74, 6) is 1.66. The fourth-order valence-corrected chi connectivity index (χ4v) is 3.07. The monoisotopic (exact) mass is 390 g/mol. The highest BCUT2D eigenvalue weighted by Crippen LogP contribution is 2.27. The Bertz CT molecular complexity index is 997. The van der Waals surface area contributed by atoms with Gasteiger partial charge < -0.3 is 9.47 Å². The van der Waals surface area contributed by atoms with E-state index in [0.29, 0.717) is 11.7 Å². The summed E-state index contributed by atoms with van der Waals surface area (Å²) in [6.07, 6.45) is 2.71. The number of hydrazone groups is 1. The molecule has 0 saturated carbocycles. The van der Waals surface area contributed by atoms with Gasteiger partial charge >= 0.3 is 0 Å². The highest BCUT2D eigenvalue weighted by Gasteiger charge is 2.06. The average molecular weight is 390 g/mol. The first-order chi connectivity index (χ1) is 14.1. The van der Waals surface area contributed by atoms with Crippen LogP contribution in [0.25, 0.3) is 10.8 Å². The van der Waals surface area contributed by atoms with Crippen LogP contribution in [0.1, 0.15) is 37.3 Å². The van der Waals surface area contributed by atoms with Crippen molar-refractivity contribution in [3.63, 3.8) is 0 Å². The molecule has 0 heterocycles. The van der Waals surface area contributed by atoms with E-state index in [2.05, 4.69) is 24.4 Å². The van der Waals surface area contributed by atoms with Gasteiger partial charge in [0.2, 0.25) is 0 Å². The molecule has 0 bridgehead atoms. The van der Waals surface area contributed by atoms with Gasteiger partial charge in [-0.15, -0.1) is 0 Å². The zero-order valence-electron chi connectivity index (χ0n) is 17.0. The van der Waals surface area contributed by atoms with E-state index >= 15 is 0 Å². The van der Waals surface area contributed by atoms with Crippen LogP contribution < -0.4 is 14.9 Å². The molecule has 0 spiro atoms. The molecule has 150 valence electrons. The number of methoxy groups -OCH3 is 1. The minimum absolute atomic E-state index is 0.0939. The Morgan fingerprint density at radius 2 is 1.79 bits per heavy atom. The molecule has 0 aliphatic carbocycles. The maximum atomic E-state index is 12.0. The van der Waals surface area contributed by atoms with Crippen LogP contribution in [-0.4, -0.2) is 25.8 Å². The largest absolute Gasteiger partial charge is 0.496 e. The summed E-state index contributed by atoms with van der Waals surface area (Å²) in [6, 6.07) is 19.5. The summed E-state index contributed by atoms with van der Waals surface area (Å²) in [7, 11) is 1.65. The maximum Gasteiger partial charge on any atom is 0.277 e. The second-order valence-electron chi connectivity index (χ2n) is 6.86. The SMILES string of the molecule is CCC(C)c1ccc(OCC(=O)N/N=C/c2ccc(OC)c3ccccc23)cc1. The molecular formula is C24H26N2O3. The zero-order valence-corrected chi connectivity index (χ0v) is 17.0. The third-order valence-electron chi connectivity index (χ3n) is 4.96. The summed E-state index contributed by atoms with van der Waals surface area (Å²) in [5.41, 5.74) is 4.66. The molecule has 1 unspecified atom stereocenters. The van der Waals surface area contributed by atoms with Gasteiger partial charge in [0.1, 0.15) is 11.5 Å². The van der Waals surface area contributed by atoms with E-state index in [1.54, 1.807) is 13.3 Å². The van der Waals surface area contributed by atoms with Gasteiger partial charge in [-0.3, -0.25) is 4.79 Å². The van der Waals surface area contributed by atoms with Crippen LogP contribution in [0, 0.1) is 0 Å². The van der Waals surface area contributed by atoms with Crippen LogP contribution in [0.2, 0.25) is 0 Å². The van der Waals surface area contributed by atoms with Crippen molar-refractivity contribution in [2.24, 2.45) is 5.10 Å². The molecule has 1 N–H and O–H groups in total. The molecule has 5 nitrogen and oxygen atoms in total. The number of hydrogen-bond acceptors (Lipinski definition) is 4. The molecule has 3 aromatic carbocycles. The summed E-state index contributed by atoms with van der Waals surface area (Å²) >= 11 is 0. The van der Waals surface area contributed by atoms with Gasteiger partial charge in [-0.05, 0) is 47.6 Å². The average Bonchev–Trinajstić information content (AvgIpc) is 2.77. The van der Waals surface area contributed by atoms with Crippen molar-refractivity contribution in [1.82, 2.24) is 5.43 Å². The van der Waals surface area contributed by atoms with E-state index in [1.165, 1.54) is 5.56 Å². The number of nitrogens with zero attached hydrogens (tertiary/aromatic N) is 1. The molecule has 1 atom stereocenters. The summed E-state index contributed by atoms with van der Waals surface area (Å²) < 4.78 is 10.9. The van der Waals surface area contributed by atoms with Crippen molar-refractivity contribution in [3.05, 3.63) is 71.8 Å². The van der Waals surface area contributed by atoms with Gasteiger partial charge in [0.15, 0.2) is 6.61 Å². The van der Waals surface area contributed by atoms with Gasteiger partial charge in [-0.25, -0.2) is 5.43 Å². The maximum absolute atomic E-state index is 12.0. The van der Waals surface area contributed by atoms with E-state index in [1.807, 2.05) is 60.7 Å². The number of hydrogen-bond donors (Lipinski definition) is 1. The molecule has 0 radical (unpaired) electrons. The van der Waals surface area contributed by atoms with Crippen LogP contribution in [0.15, 0.2) is 65.8 Å². The number of amides is 1. The van der Waals surface area contributed by atoms with Gasteiger partial charge in [-0.2, -0.15) is 5.10 Å². The number of carbonyl (C=O) groups is 1. The first kappa shape index (κ1) is 20.4. The molecule has 0 saturated heterocycles. The Morgan fingerprint density at radius 1 is 1.07 bits per heavy atom. The number of ether oxygens (including phenoxy) is 2. The molecule has 0 aliphatic heterocycles. The van der Waals surface area contributed by atoms with Crippen LogP contribution in [0.3, 0.4) is 0 Å². The van der Waals surface area contributed by atoms with Crippen molar-refractivity contribution in [2.75, 3.05) is 13.7 Å². The Balaban J connectivity index is 1.57. The van der Waals surface area contributed by atoms with Crippen molar-refractivity contribution < 1.29 is 14.3 Å². The van der Waals surface area contributed by atoms with Gasteiger partial charge in [0.05, 0.1) is 13.3 Å². The van der Waals surface area contributed by atoms with E-state index < -0.39 is 0 Å². The predicted octanol–water partition coefficient (Wildman–Crippen LogP) is 4.89. The first-order valence-electron chi connectivity index (χ1n) is 9.72. The topological polar surface area (TPSA) is 59.9 Å². The van der Waals surface area contributed by atoms with Crippen LogP contribution in [0.4, 0.5) is 0 Å². The molecular weight excluding hydrogens is 364 g/mol. The van der Waals surface area contributed by atoms with Crippen molar-refractivity contribution in [2.45, 2.75) is 26.2 Å². The number of carbonyl (C=O) groups excluding carboxylic acids is 1. The number of benzene rings is 3. The van der Waals surface area contributed by atoms with Crippen LogP contribution >= 0.6 is 0 Å². The molecule has 0 fully saturated rings. The standard InChI is InChI=1S/C24H26N2O3/c1-4-17(2)18-9-12-20(13-10-18)29-16-24(27)26-25-15-19-11-14-23(28-3)22-8-6-5-7-21(19)22/h5-15,17H,4,16H2,1-3H3,(H,26,27)/b25-15+. The summed E-state index contributed by atoms with van der Waals surface area (Å²) in [4.78, 5) is 12.0. The smallest absolute Gasteiger partial charge is 0.277 e. The molecule has 3 rings (SSSR count). The Morgan fingerprint density at radius 3 is 2.48 bits per heavy atom. The summed E-state index contributed by atoms with van der Waals surface area (Å²) in [6.45, 7) is 4.26. The molecule has 29 heavy (non-hydrogen) atoms. The number of nitrogens with one attached hydrogen (secondary N) is 1. The lowest BCUT2D eigenvalue weighted by Crippen LogP contribution is -2.24. The fourth-order valence-electron chi connectivity index (χ4n) is 3.07. The van der Waals surface area contributed by atoms with Crippen LogP contribution in [0.5, 0.6) is 11.5 Å². The second-order valence-corrected chi connectivity index (χ2v) is 6.86. The number of rotatable bonds is 8. The number of fused-ring (bicyclic) bond motifs is 1. The lowest BCUT2D eigenvalue weighted by Gasteiger charge is -2.10. The molecule has 3 aromatic rings. The van der Waals surface area contributed by atoms with E-state index in [0.717, 1.165) is 28.5 Å². The lowest BCUT2D eigenvalue weighted by atomic mass is 9.99. The van der Waals surface area contributed by atoms with Crippen molar-refractivity contribution in [1.29, 1.82) is 0 Å². The van der Waals surface area contributed by atoms with Crippen molar-refractivity contribution in [3.8, 4) is 11.5 Å². The van der Waals surface area contributed by atoms with E-state index in [4.69, 9.17) is 9.47 Å². The fraction of sp³-hybridized carbons (Fsp3) is 0.250. The molecule has 0 aromatic heterocycles. The van der Waals surface area contributed by atoms with Crippen LogP contribution in [-0.2, 0) is 4.79 Å². The normalized spacial score (nSPS) is 12.1. The quantitative estimate of drug-likeness (QED) is 0.440. The zero-order chi connectivity index (χ0) is 20.6. The summed E-state index contributed by atoms with van der Waals surface area (Å²) in [5, 5.41) is 6.06. The third kappa shape index (κ3) is 5.13. The van der Waals surface area contributed by atoms with Gasteiger partial charge in [0, 0.05) is 10.9 Å². The highest BCUT2D eigenvalue weighted by molar-refractivity contribution is 6.02. The van der Waals surface area contributed by atoms with Crippen molar-refractivity contribution >= 4 is 22.9 Å². The highest BCUT2D eigenvalue weighted by atomic mass is 16.5.